The van der Waals surface area contributed by atoms with E-state index in [1.165, 1.54) is 13.0 Å². The molecule has 1 aromatic rings. The van der Waals surface area contributed by atoms with Gasteiger partial charge in [0, 0.05) is 6.07 Å². The van der Waals surface area contributed by atoms with E-state index in [1.807, 2.05) is 0 Å². The highest BCUT2D eigenvalue weighted by Crippen LogP contribution is 2.31. The number of phenols is 2. The number of hydrogen-bond donors (Lipinski definition) is 2. The number of aromatic hydroxyl groups is 2. The molecule has 0 spiro atoms. The van der Waals surface area contributed by atoms with E-state index in [0.717, 1.165) is 6.07 Å². The Hall–Kier alpha value is -1.03. The molecule has 1 rings (SSSR count). The Labute approximate surface area is 77.8 Å². The summed E-state index contributed by atoms with van der Waals surface area (Å²) in [5.74, 6) is -0.533. The van der Waals surface area contributed by atoms with Gasteiger partial charge >= 0.3 is 0 Å². The second-order valence-electron chi connectivity index (χ2n) is 2.38. The van der Waals surface area contributed by atoms with E-state index in [2.05, 4.69) is 15.9 Å². The molecule has 4 heteroatoms. The van der Waals surface area contributed by atoms with E-state index < -0.39 is 0 Å². The number of carbonyl (C=O) groups excluding carboxylic acids is 1. The first-order valence-electron chi connectivity index (χ1n) is 3.25. The van der Waals surface area contributed by atoms with E-state index in [9.17, 15) is 9.90 Å². The first-order valence-corrected chi connectivity index (χ1v) is 4.04. The summed E-state index contributed by atoms with van der Waals surface area (Å²) < 4.78 is 0.394. The second-order valence-corrected chi connectivity index (χ2v) is 3.23. The van der Waals surface area contributed by atoms with E-state index in [0.29, 0.717) is 4.47 Å². The number of carbonyl (C=O) groups is 1. The van der Waals surface area contributed by atoms with E-state index in [4.69, 9.17) is 5.11 Å². The molecule has 0 radical (unpaired) electrons. The Bertz CT molecular complexity index is 333. The van der Waals surface area contributed by atoms with Crippen molar-refractivity contribution in [2.24, 2.45) is 0 Å². The lowest BCUT2D eigenvalue weighted by Gasteiger charge is -2.02. The van der Waals surface area contributed by atoms with Crippen LogP contribution in [0.15, 0.2) is 16.6 Å². The first-order chi connectivity index (χ1) is 5.52. The van der Waals surface area contributed by atoms with Gasteiger partial charge in [0.05, 0.1) is 10.0 Å². The average molecular weight is 231 g/mol. The van der Waals surface area contributed by atoms with Crippen molar-refractivity contribution in [3.05, 3.63) is 22.2 Å². The summed E-state index contributed by atoms with van der Waals surface area (Å²) >= 11 is 3.04. The third kappa shape index (κ3) is 1.58. The first kappa shape index (κ1) is 9.06. The highest BCUT2D eigenvalue weighted by Gasteiger charge is 2.09. The molecule has 0 aliphatic rings. The van der Waals surface area contributed by atoms with Crippen molar-refractivity contribution in [1.29, 1.82) is 0 Å². The van der Waals surface area contributed by atoms with Crippen molar-refractivity contribution in [1.82, 2.24) is 0 Å². The van der Waals surface area contributed by atoms with Crippen molar-refractivity contribution in [2.45, 2.75) is 6.92 Å². The summed E-state index contributed by atoms with van der Waals surface area (Å²) in [6.45, 7) is 1.35. The Morgan fingerprint density at radius 1 is 1.33 bits per heavy atom. The molecule has 0 amide bonds. The summed E-state index contributed by atoms with van der Waals surface area (Å²) in [5.41, 5.74) is 0.194. The van der Waals surface area contributed by atoms with Crippen LogP contribution in [0.1, 0.15) is 17.3 Å². The maximum Gasteiger partial charge on any atom is 0.163 e. The Balaban J connectivity index is 3.33. The lowest BCUT2D eigenvalue weighted by molar-refractivity contribution is 0.101. The minimum Gasteiger partial charge on any atom is -0.507 e. The summed E-state index contributed by atoms with van der Waals surface area (Å²) in [4.78, 5) is 10.9. The van der Waals surface area contributed by atoms with Crippen LogP contribution in [0.4, 0.5) is 0 Å². The van der Waals surface area contributed by atoms with Gasteiger partial charge in [0.15, 0.2) is 5.78 Å². The molecule has 0 saturated carbocycles. The molecule has 64 valence electrons. The third-order valence-electron chi connectivity index (χ3n) is 1.44. The molecule has 0 heterocycles. The predicted molar refractivity (Wildman–Crippen MR) is 47.5 cm³/mol. The smallest absolute Gasteiger partial charge is 0.163 e. The van der Waals surface area contributed by atoms with Gasteiger partial charge in [-0.1, -0.05) is 0 Å². The lowest BCUT2D eigenvalue weighted by Crippen LogP contribution is -1.92. The summed E-state index contributed by atoms with van der Waals surface area (Å²) in [7, 11) is 0. The fourth-order valence-electron chi connectivity index (χ4n) is 0.833. The highest BCUT2D eigenvalue weighted by molar-refractivity contribution is 9.10. The van der Waals surface area contributed by atoms with Crippen molar-refractivity contribution >= 4 is 21.7 Å². The molecule has 0 atom stereocenters. The number of hydrogen-bond acceptors (Lipinski definition) is 3. The van der Waals surface area contributed by atoms with E-state index in [1.54, 1.807) is 0 Å². The third-order valence-corrected chi connectivity index (χ3v) is 2.08. The van der Waals surface area contributed by atoms with E-state index >= 15 is 0 Å². The number of halogens is 1. The molecule has 0 unspecified atom stereocenters. The van der Waals surface area contributed by atoms with Gasteiger partial charge in [0.25, 0.3) is 0 Å². The van der Waals surface area contributed by atoms with Gasteiger partial charge in [-0.3, -0.25) is 4.79 Å². The number of phenolic OH excluding ortho intramolecular Hbond substituents is 2. The number of rotatable bonds is 1. The Kier molecular flexibility index (Phi) is 2.38. The average Bonchev–Trinajstić information content (AvgIpc) is 1.96. The second kappa shape index (κ2) is 3.15. The molecule has 0 aliphatic heterocycles. The monoisotopic (exact) mass is 230 g/mol. The molecular formula is C8H7BrO3. The lowest BCUT2D eigenvalue weighted by atomic mass is 10.1. The molecule has 3 nitrogen and oxygen atoms in total. The molecule has 0 aromatic heterocycles. The Morgan fingerprint density at radius 2 is 1.92 bits per heavy atom. The van der Waals surface area contributed by atoms with Crippen molar-refractivity contribution < 1.29 is 15.0 Å². The minimum atomic E-state index is -0.242. The van der Waals surface area contributed by atoms with Gasteiger partial charge < -0.3 is 10.2 Å². The maximum absolute atomic E-state index is 10.9. The minimum absolute atomic E-state index is 0.0856. The van der Waals surface area contributed by atoms with Gasteiger partial charge in [0.1, 0.15) is 11.5 Å². The molecule has 0 aliphatic carbocycles. The van der Waals surface area contributed by atoms with Crippen molar-refractivity contribution in [3.8, 4) is 11.5 Å². The fourth-order valence-corrected chi connectivity index (χ4v) is 1.18. The number of ketones is 1. The van der Waals surface area contributed by atoms with Gasteiger partial charge in [0.2, 0.25) is 0 Å². The van der Waals surface area contributed by atoms with Crippen LogP contribution in [0.25, 0.3) is 0 Å². The SMILES string of the molecule is CC(=O)c1cc(Br)c(O)cc1O. The van der Waals surface area contributed by atoms with Crippen LogP contribution in [0, 0.1) is 0 Å². The van der Waals surface area contributed by atoms with Crippen LogP contribution < -0.4 is 0 Å². The number of Topliss-reactive ketones (excluding diaryl/α,β-unsaturated/α-hetero) is 1. The van der Waals surface area contributed by atoms with Gasteiger partial charge in [-0.25, -0.2) is 0 Å². The van der Waals surface area contributed by atoms with E-state index in [-0.39, 0.29) is 22.8 Å². The molecule has 0 bridgehead atoms. The summed E-state index contributed by atoms with van der Waals surface area (Å²) in [6, 6.07) is 2.51. The zero-order valence-electron chi connectivity index (χ0n) is 6.34. The normalized spacial score (nSPS) is 9.83. The topological polar surface area (TPSA) is 57.5 Å². The standard InChI is InChI=1S/C8H7BrO3/c1-4(10)5-2-6(9)8(12)3-7(5)11/h2-3,11-12H,1H3. The maximum atomic E-state index is 10.9. The Morgan fingerprint density at radius 3 is 2.42 bits per heavy atom. The van der Waals surface area contributed by atoms with Crippen LogP contribution in [0.3, 0.4) is 0 Å². The summed E-state index contributed by atoms with van der Waals surface area (Å²) in [6.07, 6.45) is 0. The van der Waals surface area contributed by atoms with Gasteiger partial charge in [-0.05, 0) is 28.9 Å². The molecule has 2 N–H and O–H groups in total. The zero-order chi connectivity index (χ0) is 9.30. The zero-order valence-corrected chi connectivity index (χ0v) is 7.92. The van der Waals surface area contributed by atoms with Crippen LogP contribution >= 0.6 is 15.9 Å². The molecule has 0 fully saturated rings. The quantitative estimate of drug-likeness (QED) is 0.727. The summed E-state index contributed by atoms with van der Waals surface area (Å²) in [5, 5.41) is 18.3. The molecular weight excluding hydrogens is 224 g/mol. The molecule has 0 saturated heterocycles. The van der Waals surface area contributed by atoms with Crippen LogP contribution in [0.5, 0.6) is 11.5 Å². The van der Waals surface area contributed by atoms with Crippen LogP contribution in [0.2, 0.25) is 0 Å². The van der Waals surface area contributed by atoms with Gasteiger partial charge in [-0.15, -0.1) is 0 Å². The number of benzene rings is 1. The van der Waals surface area contributed by atoms with Crippen molar-refractivity contribution in [3.63, 3.8) is 0 Å². The fraction of sp³-hybridized carbons (Fsp3) is 0.125. The molecule has 1 aromatic carbocycles. The largest absolute Gasteiger partial charge is 0.507 e. The van der Waals surface area contributed by atoms with Crippen LogP contribution in [-0.4, -0.2) is 16.0 Å². The predicted octanol–water partition coefficient (Wildman–Crippen LogP) is 2.06. The van der Waals surface area contributed by atoms with Gasteiger partial charge in [-0.2, -0.15) is 0 Å². The molecule has 12 heavy (non-hydrogen) atoms. The van der Waals surface area contributed by atoms with Crippen molar-refractivity contribution in [2.75, 3.05) is 0 Å². The highest BCUT2D eigenvalue weighted by atomic mass is 79.9. The van der Waals surface area contributed by atoms with Crippen LogP contribution in [-0.2, 0) is 0 Å².